The van der Waals surface area contributed by atoms with E-state index in [0.29, 0.717) is 33.6 Å². The summed E-state index contributed by atoms with van der Waals surface area (Å²) in [7, 11) is 0. The molecule has 0 bridgehead atoms. The van der Waals surface area contributed by atoms with Crippen LogP contribution in [-0.2, 0) is 0 Å². The fraction of sp³-hybridized carbons (Fsp3) is 0. The van der Waals surface area contributed by atoms with Crippen LogP contribution in [0.5, 0.6) is 0 Å². The van der Waals surface area contributed by atoms with Gasteiger partial charge in [-0.2, -0.15) is 10.5 Å². The van der Waals surface area contributed by atoms with E-state index in [0.717, 1.165) is 51.5 Å². The van der Waals surface area contributed by atoms with Crippen LogP contribution in [0.3, 0.4) is 0 Å². The molecule has 0 unspecified atom stereocenters. The monoisotopic (exact) mass is 542 g/mol. The summed E-state index contributed by atoms with van der Waals surface area (Å²) in [6.07, 6.45) is 0. The second kappa shape index (κ2) is 9.06. The Labute approximate surface area is 237 Å². The Morgan fingerprint density at radius 3 is 1.45 bits per heavy atom. The number of nitriles is 2. The highest BCUT2D eigenvalue weighted by molar-refractivity contribution is 7.28. The molecule has 0 fully saturated rings. The van der Waals surface area contributed by atoms with Crippen LogP contribution in [0.25, 0.3) is 72.3 Å². The zero-order chi connectivity index (χ0) is 27.4. The SMILES string of the molecule is [C-]#[N+]c1cccc([N+]#[C-])c1-c1c2sc3ccccc3c2c(-c2c(C#N)cccc2C#N)c2sc3ccccc3c12. The summed E-state index contributed by atoms with van der Waals surface area (Å²) in [4.78, 5) is 7.70. The summed E-state index contributed by atoms with van der Waals surface area (Å²) < 4.78 is 3.98. The van der Waals surface area contributed by atoms with E-state index in [9.17, 15) is 10.5 Å². The first-order chi connectivity index (χ1) is 19.7. The van der Waals surface area contributed by atoms with Crippen molar-refractivity contribution in [2.45, 2.75) is 0 Å². The molecule has 4 nitrogen and oxygen atoms in total. The number of benzene rings is 5. The Morgan fingerprint density at radius 2 is 0.975 bits per heavy atom. The van der Waals surface area contributed by atoms with Crippen molar-refractivity contribution in [3.63, 3.8) is 0 Å². The highest BCUT2D eigenvalue weighted by Gasteiger charge is 2.28. The normalized spacial score (nSPS) is 10.9. The minimum atomic E-state index is 0.423. The molecule has 2 aromatic heterocycles. The highest BCUT2D eigenvalue weighted by Crippen LogP contribution is 2.57. The molecule has 6 heteroatoms. The molecular weight excluding hydrogens is 529 g/mol. The van der Waals surface area contributed by atoms with Gasteiger partial charge in [0.25, 0.3) is 0 Å². The van der Waals surface area contributed by atoms with Crippen molar-refractivity contribution in [2.75, 3.05) is 0 Å². The summed E-state index contributed by atoms with van der Waals surface area (Å²) in [6.45, 7) is 16.0. The van der Waals surface area contributed by atoms with Crippen LogP contribution >= 0.6 is 22.7 Å². The Balaban J connectivity index is 1.88. The Kier molecular flexibility index (Phi) is 5.35. The molecule has 0 spiro atoms. The molecule has 0 radical (unpaired) electrons. The van der Waals surface area contributed by atoms with Crippen molar-refractivity contribution >= 4 is 74.4 Å². The quantitative estimate of drug-likeness (QED) is 0.204. The van der Waals surface area contributed by atoms with E-state index in [-0.39, 0.29) is 0 Å². The summed E-state index contributed by atoms with van der Waals surface area (Å²) in [5, 5.41) is 24.3. The van der Waals surface area contributed by atoms with E-state index in [4.69, 9.17) is 13.1 Å². The van der Waals surface area contributed by atoms with E-state index < -0.39 is 0 Å². The van der Waals surface area contributed by atoms with Gasteiger partial charge in [-0.05, 0) is 35.4 Å². The lowest BCUT2D eigenvalue weighted by Gasteiger charge is -2.16. The molecule has 0 aliphatic carbocycles. The first-order valence-electron chi connectivity index (χ1n) is 12.3. The molecule has 0 saturated carbocycles. The number of hydrogen-bond acceptors (Lipinski definition) is 4. The van der Waals surface area contributed by atoms with Crippen molar-refractivity contribution in [3.05, 3.63) is 119 Å². The van der Waals surface area contributed by atoms with Gasteiger partial charge in [0.05, 0.1) is 36.4 Å². The van der Waals surface area contributed by atoms with Crippen molar-refractivity contribution in [3.8, 4) is 34.4 Å². The van der Waals surface area contributed by atoms with Gasteiger partial charge in [-0.3, -0.25) is 0 Å². The van der Waals surface area contributed by atoms with Crippen LogP contribution < -0.4 is 0 Å². The second-order valence-corrected chi connectivity index (χ2v) is 11.3. The van der Waals surface area contributed by atoms with Gasteiger partial charge in [-0.25, -0.2) is 9.69 Å². The number of rotatable bonds is 2. The largest absolute Gasteiger partial charge is 0.239 e. The summed E-state index contributed by atoms with van der Waals surface area (Å²) in [5.41, 5.74) is 4.67. The van der Waals surface area contributed by atoms with Crippen molar-refractivity contribution < 1.29 is 0 Å². The maximum Gasteiger partial charge on any atom is 0.184 e. The molecule has 7 aromatic rings. The molecule has 0 saturated heterocycles. The third kappa shape index (κ3) is 3.19. The predicted octanol–water partition coefficient (Wildman–Crippen LogP) is 10.6. The van der Waals surface area contributed by atoms with Gasteiger partial charge < -0.3 is 0 Å². The second-order valence-electron chi connectivity index (χ2n) is 9.20. The highest BCUT2D eigenvalue weighted by atomic mass is 32.1. The fourth-order valence-electron chi connectivity index (χ4n) is 5.62. The molecule has 0 aliphatic rings. The molecule has 0 amide bonds. The van der Waals surface area contributed by atoms with Crippen molar-refractivity contribution in [1.29, 1.82) is 10.5 Å². The zero-order valence-electron chi connectivity index (χ0n) is 20.7. The maximum absolute atomic E-state index is 10.2. The molecule has 7 rings (SSSR count). The van der Waals surface area contributed by atoms with Gasteiger partial charge >= 0.3 is 0 Å². The average molecular weight is 543 g/mol. The van der Waals surface area contributed by atoms with Crippen LogP contribution in [0, 0.1) is 35.8 Å². The first kappa shape index (κ1) is 23.6. The van der Waals surface area contributed by atoms with Crippen molar-refractivity contribution in [2.24, 2.45) is 0 Å². The Morgan fingerprint density at radius 1 is 0.525 bits per heavy atom. The van der Waals surface area contributed by atoms with Crippen LogP contribution in [0.4, 0.5) is 11.4 Å². The van der Waals surface area contributed by atoms with E-state index in [1.165, 1.54) is 0 Å². The zero-order valence-corrected chi connectivity index (χ0v) is 22.3. The average Bonchev–Trinajstić information content (AvgIpc) is 3.58. The maximum atomic E-state index is 10.2. The standard InChI is InChI=1S/C34H14N4S2/c1-37-23-13-8-14-24(38-2)30(23)32-29-22-12-4-6-16-26(22)39-33(29)31(27-19(17-35)9-7-10-20(27)18-36)28-21-11-3-5-15-25(21)40-34(28)32/h3-16H. The number of hydrogen-bond donors (Lipinski definition) is 0. The molecule has 0 N–H and O–H groups in total. The van der Waals surface area contributed by atoms with E-state index >= 15 is 0 Å². The summed E-state index contributed by atoms with van der Waals surface area (Å²) in [5.74, 6) is 0. The Hall–Kier alpha value is -5.50. The van der Waals surface area contributed by atoms with Crippen molar-refractivity contribution in [1.82, 2.24) is 0 Å². The van der Waals surface area contributed by atoms with E-state index in [1.807, 2.05) is 24.3 Å². The lowest BCUT2D eigenvalue weighted by atomic mass is 9.87. The van der Waals surface area contributed by atoms with Crippen LogP contribution in [0.2, 0.25) is 0 Å². The van der Waals surface area contributed by atoms with Crippen LogP contribution in [0.1, 0.15) is 11.1 Å². The molecule has 182 valence electrons. The van der Waals surface area contributed by atoms with Gasteiger partial charge in [0.1, 0.15) is 0 Å². The lowest BCUT2D eigenvalue weighted by molar-refractivity contribution is 1.45. The first-order valence-corrected chi connectivity index (χ1v) is 13.9. The molecule has 0 atom stereocenters. The molecule has 2 heterocycles. The van der Waals surface area contributed by atoms with E-state index in [2.05, 4.69) is 46.1 Å². The minimum Gasteiger partial charge on any atom is -0.239 e. The summed E-state index contributed by atoms with van der Waals surface area (Å²) >= 11 is 3.23. The number of thiophene rings is 2. The van der Waals surface area contributed by atoms with Crippen LogP contribution in [-0.4, -0.2) is 0 Å². The smallest absolute Gasteiger partial charge is 0.184 e. The molecule has 0 aliphatic heterocycles. The lowest BCUT2D eigenvalue weighted by Crippen LogP contribution is -1.93. The number of nitrogens with zero attached hydrogens (tertiary/aromatic N) is 4. The third-order valence-corrected chi connectivity index (χ3v) is 9.59. The van der Waals surface area contributed by atoms with Gasteiger partial charge in [-0.1, -0.05) is 60.7 Å². The predicted molar refractivity (Wildman–Crippen MR) is 165 cm³/mol. The fourth-order valence-corrected chi connectivity index (χ4v) is 8.16. The molecule has 5 aromatic carbocycles. The van der Waals surface area contributed by atoms with Gasteiger partial charge in [0, 0.05) is 51.5 Å². The van der Waals surface area contributed by atoms with Gasteiger partial charge in [0.2, 0.25) is 0 Å². The third-order valence-electron chi connectivity index (χ3n) is 7.21. The molecular formula is C34H14N4S2. The number of fused-ring (bicyclic) bond motifs is 6. The van der Waals surface area contributed by atoms with Gasteiger partial charge in [0.15, 0.2) is 11.4 Å². The molecule has 40 heavy (non-hydrogen) atoms. The topological polar surface area (TPSA) is 56.3 Å². The minimum absolute atomic E-state index is 0.423. The Bertz CT molecular complexity index is 2150. The van der Waals surface area contributed by atoms with Crippen LogP contribution in [0.15, 0.2) is 84.9 Å². The van der Waals surface area contributed by atoms with E-state index in [1.54, 1.807) is 59.1 Å². The van der Waals surface area contributed by atoms with Gasteiger partial charge in [-0.15, -0.1) is 22.7 Å². The summed E-state index contributed by atoms with van der Waals surface area (Å²) in [6, 6.07) is 31.5.